The standard InChI is InChI=1S/C23H15FN2O4S/c24-19-7-4-8-20(27)17(19)13-18-21(28)25-23(31)26(22(18)29)14-9-11-16(12-10-14)30-15-5-2-1-3-6-15/h1-13,27H,(H,25,28,31)/b18-13+. The van der Waals surface area contributed by atoms with Crippen molar-refractivity contribution in [2.45, 2.75) is 0 Å². The number of phenols is 1. The van der Waals surface area contributed by atoms with E-state index >= 15 is 0 Å². The Labute approximate surface area is 182 Å². The number of ether oxygens (including phenoxy) is 1. The zero-order valence-corrected chi connectivity index (χ0v) is 16.7. The smallest absolute Gasteiger partial charge is 0.270 e. The number of hydrogen-bond donors (Lipinski definition) is 2. The Morgan fingerprint density at radius 1 is 0.935 bits per heavy atom. The molecule has 1 heterocycles. The Kier molecular flexibility index (Phi) is 5.46. The predicted octanol–water partition coefficient (Wildman–Crippen LogP) is 4.15. The van der Waals surface area contributed by atoms with Crippen molar-refractivity contribution in [3.05, 3.63) is 89.8 Å². The average molecular weight is 434 g/mol. The van der Waals surface area contributed by atoms with Crippen molar-refractivity contribution in [2.75, 3.05) is 4.90 Å². The van der Waals surface area contributed by atoms with Gasteiger partial charge in [-0.15, -0.1) is 0 Å². The monoisotopic (exact) mass is 434 g/mol. The van der Waals surface area contributed by atoms with Crippen molar-refractivity contribution in [1.29, 1.82) is 0 Å². The largest absolute Gasteiger partial charge is 0.507 e. The van der Waals surface area contributed by atoms with Crippen LogP contribution >= 0.6 is 12.2 Å². The zero-order valence-electron chi connectivity index (χ0n) is 15.9. The number of rotatable bonds is 4. The number of benzene rings is 3. The summed E-state index contributed by atoms with van der Waals surface area (Å²) in [6.45, 7) is 0. The van der Waals surface area contributed by atoms with Crippen molar-refractivity contribution in [3.8, 4) is 17.2 Å². The van der Waals surface area contributed by atoms with Gasteiger partial charge in [0.1, 0.15) is 28.6 Å². The van der Waals surface area contributed by atoms with Gasteiger partial charge >= 0.3 is 0 Å². The van der Waals surface area contributed by atoms with Crippen molar-refractivity contribution in [2.24, 2.45) is 0 Å². The van der Waals surface area contributed by atoms with Crippen molar-refractivity contribution >= 4 is 40.9 Å². The number of halogens is 1. The lowest BCUT2D eigenvalue weighted by Crippen LogP contribution is -2.54. The third kappa shape index (κ3) is 4.15. The molecule has 3 aromatic carbocycles. The second kappa shape index (κ2) is 8.37. The number of aromatic hydroxyl groups is 1. The third-order valence-corrected chi connectivity index (χ3v) is 4.78. The van der Waals surface area contributed by atoms with Gasteiger partial charge in [0.2, 0.25) is 0 Å². The van der Waals surface area contributed by atoms with Gasteiger partial charge in [-0.3, -0.25) is 19.8 Å². The highest BCUT2D eigenvalue weighted by molar-refractivity contribution is 7.80. The maximum atomic E-state index is 14.1. The van der Waals surface area contributed by atoms with Crippen LogP contribution < -0.4 is 15.0 Å². The fraction of sp³-hybridized carbons (Fsp3) is 0. The van der Waals surface area contributed by atoms with Crippen LogP contribution in [0, 0.1) is 5.82 Å². The SMILES string of the molecule is O=C1NC(=S)N(c2ccc(Oc3ccccc3)cc2)C(=O)/C1=C/c1c(O)cccc1F. The van der Waals surface area contributed by atoms with E-state index in [2.05, 4.69) is 5.32 Å². The zero-order chi connectivity index (χ0) is 22.0. The molecule has 1 saturated heterocycles. The number of hydrogen-bond acceptors (Lipinski definition) is 5. The van der Waals surface area contributed by atoms with Crippen LogP contribution in [0.25, 0.3) is 6.08 Å². The lowest BCUT2D eigenvalue weighted by molar-refractivity contribution is -0.122. The van der Waals surface area contributed by atoms with E-state index in [9.17, 15) is 19.1 Å². The Hall–Kier alpha value is -4.04. The molecule has 0 radical (unpaired) electrons. The summed E-state index contributed by atoms with van der Waals surface area (Å²) in [4.78, 5) is 26.5. The van der Waals surface area contributed by atoms with Gasteiger partial charge in [0.15, 0.2) is 5.11 Å². The number of amides is 2. The van der Waals surface area contributed by atoms with Crippen LogP contribution in [0.2, 0.25) is 0 Å². The number of phenolic OH excluding ortho intramolecular Hbond substituents is 1. The molecule has 0 aromatic heterocycles. The Morgan fingerprint density at radius 3 is 2.29 bits per heavy atom. The first-order valence-electron chi connectivity index (χ1n) is 9.16. The summed E-state index contributed by atoms with van der Waals surface area (Å²) in [6, 6.07) is 19.4. The Morgan fingerprint density at radius 2 is 1.61 bits per heavy atom. The van der Waals surface area contributed by atoms with Crippen LogP contribution in [0.1, 0.15) is 5.56 Å². The number of carbonyl (C=O) groups is 2. The van der Waals surface area contributed by atoms with Gasteiger partial charge in [0, 0.05) is 0 Å². The topological polar surface area (TPSA) is 78.9 Å². The van der Waals surface area contributed by atoms with Gasteiger partial charge in [-0.1, -0.05) is 24.3 Å². The summed E-state index contributed by atoms with van der Waals surface area (Å²) in [5.41, 5.74) is -0.238. The van der Waals surface area contributed by atoms with Crippen LogP contribution in [0.4, 0.5) is 10.1 Å². The number of para-hydroxylation sites is 1. The van der Waals surface area contributed by atoms with E-state index in [-0.39, 0.29) is 16.2 Å². The van der Waals surface area contributed by atoms with E-state index in [0.29, 0.717) is 17.2 Å². The molecule has 2 N–H and O–H groups in total. The molecule has 1 aliphatic rings. The number of carbonyl (C=O) groups excluding carboxylic acids is 2. The molecule has 1 aliphatic heterocycles. The first-order valence-corrected chi connectivity index (χ1v) is 9.57. The molecule has 154 valence electrons. The lowest BCUT2D eigenvalue weighted by Gasteiger charge is -2.29. The second-order valence-corrected chi connectivity index (χ2v) is 6.93. The summed E-state index contributed by atoms with van der Waals surface area (Å²) in [7, 11) is 0. The minimum atomic E-state index is -0.780. The van der Waals surface area contributed by atoms with Gasteiger partial charge in [0.05, 0.1) is 11.3 Å². The van der Waals surface area contributed by atoms with E-state index < -0.39 is 23.4 Å². The summed E-state index contributed by atoms with van der Waals surface area (Å²) in [5.74, 6) is -1.49. The maximum Gasteiger partial charge on any atom is 0.270 e. The minimum absolute atomic E-state index is 0.110. The van der Waals surface area contributed by atoms with Crippen LogP contribution in [0.15, 0.2) is 78.4 Å². The molecule has 0 atom stereocenters. The fourth-order valence-corrected chi connectivity index (χ4v) is 3.27. The molecule has 3 aromatic rings. The quantitative estimate of drug-likeness (QED) is 0.366. The van der Waals surface area contributed by atoms with Crippen LogP contribution in [-0.4, -0.2) is 22.0 Å². The van der Waals surface area contributed by atoms with Gasteiger partial charge < -0.3 is 9.84 Å². The molecule has 0 saturated carbocycles. The molecule has 6 nitrogen and oxygen atoms in total. The van der Waals surface area contributed by atoms with Crippen molar-refractivity contribution < 1.29 is 23.8 Å². The highest BCUT2D eigenvalue weighted by Crippen LogP contribution is 2.28. The molecular formula is C23H15FN2O4S. The van der Waals surface area contributed by atoms with Crippen LogP contribution in [0.5, 0.6) is 17.2 Å². The third-order valence-electron chi connectivity index (χ3n) is 4.49. The molecule has 4 rings (SSSR count). The van der Waals surface area contributed by atoms with Gasteiger partial charge in [0.25, 0.3) is 11.8 Å². The number of nitrogens with zero attached hydrogens (tertiary/aromatic N) is 1. The number of anilines is 1. The first kappa shape index (κ1) is 20.2. The molecular weight excluding hydrogens is 419 g/mol. The highest BCUT2D eigenvalue weighted by Gasteiger charge is 2.34. The van der Waals surface area contributed by atoms with E-state index in [0.717, 1.165) is 17.0 Å². The van der Waals surface area contributed by atoms with E-state index in [1.807, 2.05) is 30.3 Å². The van der Waals surface area contributed by atoms with Gasteiger partial charge in [-0.25, -0.2) is 4.39 Å². The summed E-state index contributed by atoms with van der Waals surface area (Å²) in [5, 5.41) is 12.2. The molecule has 0 aliphatic carbocycles. The maximum absolute atomic E-state index is 14.1. The van der Waals surface area contributed by atoms with E-state index in [1.165, 1.54) is 12.1 Å². The molecule has 8 heteroatoms. The van der Waals surface area contributed by atoms with E-state index in [4.69, 9.17) is 17.0 Å². The molecule has 0 unspecified atom stereocenters. The Balaban J connectivity index is 1.63. The molecule has 2 amide bonds. The lowest BCUT2D eigenvalue weighted by atomic mass is 10.1. The molecule has 31 heavy (non-hydrogen) atoms. The predicted molar refractivity (Wildman–Crippen MR) is 117 cm³/mol. The van der Waals surface area contributed by atoms with Crippen LogP contribution in [0.3, 0.4) is 0 Å². The van der Waals surface area contributed by atoms with Crippen molar-refractivity contribution in [3.63, 3.8) is 0 Å². The second-order valence-electron chi connectivity index (χ2n) is 6.54. The summed E-state index contributed by atoms with van der Waals surface area (Å²) >= 11 is 5.16. The highest BCUT2D eigenvalue weighted by atomic mass is 32.1. The number of thiocarbonyl (C=S) groups is 1. The van der Waals surface area contributed by atoms with Crippen molar-refractivity contribution in [1.82, 2.24) is 5.32 Å². The minimum Gasteiger partial charge on any atom is -0.507 e. The Bertz CT molecular complexity index is 1190. The van der Waals surface area contributed by atoms with Gasteiger partial charge in [-0.2, -0.15) is 0 Å². The average Bonchev–Trinajstić information content (AvgIpc) is 2.75. The normalized spacial score (nSPS) is 15.2. The van der Waals surface area contributed by atoms with Crippen LogP contribution in [-0.2, 0) is 9.59 Å². The molecule has 0 spiro atoms. The summed E-state index contributed by atoms with van der Waals surface area (Å²) < 4.78 is 19.8. The summed E-state index contributed by atoms with van der Waals surface area (Å²) in [6.07, 6.45) is 1.00. The molecule has 1 fully saturated rings. The number of nitrogens with one attached hydrogen (secondary N) is 1. The van der Waals surface area contributed by atoms with E-state index in [1.54, 1.807) is 24.3 Å². The first-order chi connectivity index (χ1) is 14.9. The fourth-order valence-electron chi connectivity index (χ4n) is 2.99. The van der Waals surface area contributed by atoms with Gasteiger partial charge in [-0.05, 0) is 66.8 Å². The molecule has 0 bridgehead atoms.